The maximum atomic E-state index is 8.72. The fourth-order valence-electron chi connectivity index (χ4n) is 1.03. The van der Waals surface area contributed by atoms with Gasteiger partial charge in [-0.25, -0.2) is 0 Å². The summed E-state index contributed by atoms with van der Waals surface area (Å²) in [6.07, 6.45) is 0.618. The van der Waals surface area contributed by atoms with Crippen LogP contribution in [0.5, 0.6) is 5.75 Å². The van der Waals surface area contributed by atoms with Gasteiger partial charge in [0.2, 0.25) is 0 Å². The normalized spacial score (nSPS) is 12.6. The molecule has 1 aromatic rings. The van der Waals surface area contributed by atoms with Crippen LogP contribution in [0.2, 0.25) is 5.02 Å². The number of benzene rings is 1. The second-order valence-corrected chi connectivity index (χ2v) is 4.31. The molecule has 0 aliphatic heterocycles. The molecule has 4 heteroatoms. The Morgan fingerprint density at radius 1 is 1.57 bits per heavy atom. The van der Waals surface area contributed by atoms with Gasteiger partial charge in [-0.05, 0) is 41.1 Å². The zero-order valence-electron chi connectivity index (χ0n) is 7.84. The Morgan fingerprint density at radius 2 is 2.29 bits per heavy atom. The fourth-order valence-corrected chi connectivity index (χ4v) is 1.80. The van der Waals surface area contributed by atoms with Crippen LogP contribution in [-0.2, 0) is 0 Å². The van der Waals surface area contributed by atoms with E-state index in [0.717, 1.165) is 10.2 Å². The maximum absolute atomic E-state index is 8.72. The summed E-state index contributed by atoms with van der Waals surface area (Å²) in [5.41, 5.74) is 0. The Hall–Kier alpha value is -0.250. The van der Waals surface area contributed by atoms with E-state index < -0.39 is 0 Å². The van der Waals surface area contributed by atoms with E-state index in [1.165, 1.54) is 0 Å². The quantitative estimate of drug-likeness (QED) is 0.917. The first-order valence-electron chi connectivity index (χ1n) is 4.36. The fraction of sp³-hybridized carbons (Fsp3) is 0.400. The molecule has 0 aromatic heterocycles. The molecule has 78 valence electrons. The summed E-state index contributed by atoms with van der Waals surface area (Å²) in [4.78, 5) is 0. The molecule has 2 nitrogen and oxygen atoms in total. The van der Waals surface area contributed by atoms with Gasteiger partial charge in [0.1, 0.15) is 5.75 Å². The van der Waals surface area contributed by atoms with Crippen molar-refractivity contribution in [1.29, 1.82) is 0 Å². The summed E-state index contributed by atoms with van der Waals surface area (Å²) in [5.74, 6) is 0.746. The van der Waals surface area contributed by atoms with Crippen LogP contribution in [0, 0.1) is 0 Å². The highest BCUT2D eigenvalue weighted by atomic mass is 79.9. The van der Waals surface area contributed by atoms with Gasteiger partial charge in [0.25, 0.3) is 0 Å². The number of aliphatic hydroxyl groups excluding tert-OH is 1. The van der Waals surface area contributed by atoms with E-state index in [2.05, 4.69) is 15.9 Å². The zero-order chi connectivity index (χ0) is 10.6. The maximum Gasteiger partial charge on any atom is 0.133 e. The van der Waals surface area contributed by atoms with Gasteiger partial charge < -0.3 is 9.84 Å². The summed E-state index contributed by atoms with van der Waals surface area (Å²) in [5, 5.41) is 9.38. The lowest BCUT2D eigenvalue weighted by Crippen LogP contribution is -2.13. The average molecular weight is 280 g/mol. The average Bonchev–Trinajstić information content (AvgIpc) is 2.10. The van der Waals surface area contributed by atoms with Crippen LogP contribution in [0.3, 0.4) is 0 Å². The van der Waals surface area contributed by atoms with E-state index in [-0.39, 0.29) is 12.7 Å². The number of rotatable bonds is 4. The molecule has 0 heterocycles. The van der Waals surface area contributed by atoms with Crippen LogP contribution in [-0.4, -0.2) is 17.8 Å². The Labute approximate surface area is 97.0 Å². The van der Waals surface area contributed by atoms with Crippen molar-refractivity contribution in [3.05, 3.63) is 27.7 Å². The molecule has 0 spiro atoms. The number of hydrogen-bond donors (Lipinski definition) is 1. The van der Waals surface area contributed by atoms with E-state index >= 15 is 0 Å². The molecule has 1 atom stereocenters. The molecule has 0 amide bonds. The molecular weight excluding hydrogens is 267 g/mol. The molecule has 0 aliphatic rings. The van der Waals surface area contributed by atoms with Crippen molar-refractivity contribution in [2.45, 2.75) is 19.4 Å². The molecule has 0 radical (unpaired) electrons. The first kappa shape index (κ1) is 11.8. The van der Waals surface area contributed by atoms with Crippen LogP contribution >= 0.6 is 27.5 Å². The summed E-state index contributed by atoms with van der Waals surface area (Å²) >= 11 is 9.14. The molecule has 1 aromatic carbocycles. The second kappa shape index (κ2) is 5.59. The van der Waals surface area contributed by atoms with Crippen molar-refractivity contribution in [3.63, 3.8) is 0 Å². The van der Waals surface area contributed by atoms with Gasteiger partial charge in [0, 0.05) is 18.1 Å². The molecule has 0 aliphatic carbocycles. The zero-order valence-corrected chi connectivity index (χ0v) is 10.2. The largest absolute Gasteiger partial charge is 0.489 e. The van der Waals surface area contributed by atoms with Crippen molar-refractivity contribution in [2.75, 3.05) is 6.61 Å². The highest BCUT2D eigenvalue weighted by molar-refractivity contribution is 9.10. The molecule has 14 heavy (non-hydrogen) atoms. The van der Waals surface area contributed by atoms with E-state index in [9.17, 15) is 0 Å². The lowest BCUT2D eigenvalue weighted by atomic mass is 10.3. The van der Waals surface area contributed by atoms with Crippen molar-refractivity contribution in [1.82, 2.24) is 0 Å². The molecule has 1 N–H and O–H groups in total. The number of hydrogen-bond acceptors (Lipinski definition) is 2. The van der Waals surface area contributed by atoms with Crippen molar-refractivity contribution in [3.8, 4) is 5.75 Å². The SMILES string of the molecule is C[C@@H](CCO)Oc1ccc(Cl)cc1Br. The number of aliphatic hydroxyl groups is 1. The minimum absolute atomic E-state index is 0.00234. The van der Waals surface area contributed by atoms with Crippen molar-refractivity contribution < 1.29 is 9.84 Å². The summed E-state index contributed by atoms with van der Waals surface area (Å²) in [6, 6.07) is 5.36. The van der Waals surface area contributed by atoms with E-state index in [1.807, 2.05) is 6.92 Å². The molecule has 0 bridgehead atoms. The van der Waals surface area contributed by atoms with Gasteiger partial charge in [0.05, 0.1) is 10.6 Å². The molecule has 0 unspecified atom stereocenters. The molecule has 1 rings (SSSR count). The predicted molar refractivity (Wildman–Crippen MR) is 60.9 cm³/mol. The Kier molecular flexibility index (Phi) is 4.72. The van der Waals surface area contributed by atoms with Crippen LogP contribution in [0.1, 0.15) is 13.3 Å². The Balaban J connectivity index is 2.67. The summed E-state index contributed by atoms with van der Waals surface area (Å²) in [7, 11) is 0. The van der Waals surface area contributed by atoms with Crippen LogP contribution in [0.25, 0.3) is 0 Å². The highest BCUT2D eigenvalue weighted by Gasteiger charge is 2.06. The van der Waals surface area contributed by atoms with Gasteiger partial charge >= 0.3 is 0 Å². The summed E-state index contributed by atoms with van der Waals surface area (Å²) in [6.45, 7) is 2.05. The number of halogens is 2. The monoisotopic (exact) mass is 278 g/mol. The van der Waals surface area contributed by atoms with Crippen LogP contribution in [0.15, 0.2) is 22.7 Å². The Morgan fingerprint density at radius 3 is 2.86 bits per heavy atom. The molecular formula is C10H12BrClO2. The predicted octanol–water partition coefficient (Wildman–Crippen LogP) is 3.25. The third-order valence-corrected chi connectivity index (χ3v) is 2.61. The van der Waals surface area contributed by atoms with Crippen LogP contribution in [0.4, 0.5) is 0 Å². The van der Waals surface area contributed by atoms with E-state index in [4.69, 9.17) is 21.4 Å². The minimum Gasteiger partial charge on any atom is -0.489 e. The van der Waals surface area contributed by atoms with Gasteiger partial charge in [-0.3, -0.25) is 0 Å². The minimum atomic E-state index is -0.00234. The molecule has 0 fully saturated rings. The number of ether oxygens (including phenoxy) is 1. The second-order valence-electron chi connectivity index (χ2n) is 3.02. The molecule has 0 saturated carbocycles. The first-order valence-corrected chi connectivity index (χ1v) is 5.53. The van der Waals surface area contributed by atoms with E-state index in [1.54, 1.807) is 18.2 Å². The highest BCUT2D eigenvalue weighted by Crippen LogP contribution is 2.28. The smallest absolute Gasteiger partial charge is 0.133 e. The van der Waals surface area contributed by atoms with Crippen LogP contribution < -0.4 is 4.74 Å². The molecule has 0 saturated heterocycles. The topological polar surface area (TPSA) is 29.5 Å². The van der Waals surface area contributed by atoms with Gasteiger partial charge in [-0.2, -0.15) is 0 Å². The lowest BCUT2D eigenvalue weighted by molar-refractivity contribution is 0.168. The van der Waals surface area contributed by atoms with Gasteiger partial charge in [0.15, 0.2) is 0 Å². The van der Waals surface area contributed by atoms with Gasteiger partial charge in [-0.15, -0.1) is 0 Å². The van der Waals surface area contributed by atoms with Crippen molar-refractivity contribution >= 4 is 27.5 Å². The third-order valence-electron chi connectivity index (χ3n) is 1.76. The summed E-state index contributed by atoms with van der Waals surface area (Å²) < 4.78 is 6.40. The van der Waals surface area contributed by atoms with E-state index in [0.29, 0.717) is 11.4 Å². The standard InChI is InChI=1S/C10H12BrClO2/c1-7(4-5-13)14-10-3-2-8(12)6-9(10)11/h2-3,6-7,13H,4-5H2,1H3/t7-/m0/s1. The van der Waals surface area contributed by atoms with Crippen molar-refractivity contribution in [2.24, 2.45) is 0 Å². The van der Waals surface area contributed by atoms with Gasteiger partial charge in [-0.1, -0.05) is 11.6 Å². The first-order chi connectivity index (χ1) is 6.63. The lowest BCUT2D eigenvalue weighted by Gasteiger charge is -2.14. The Bertz CT molecular complexity index is 304. The third kappa shape index (κ3) is 3.48.